The first-order valence-electron chi connectivity index (χ1n) is 9.45. The van der Waals surface area contributed by atoms with Crippen molar-refractivity contribution >= 4 is 5.91 Å². The first kappa shape index (κ1) is 17.1. The van der Waals surface area contributed by atoms with E-state index in [4.69, 9.17) is 9.47 Å². The number of amides is 1. The van der Waals surface area contributed by atoms with Gasteiger partial charge in [0, 0.05) is 25.3 Å². The van der Waals surface area contributed by atoms with Gasteiger partial charge >= 0.3 is 0 Å². The van der Waals surface area contributed by atoms with E-state index in [1.165, 1.54) is 12.8 Å². The molecule has 1 unspecified atom stereocenters. The third-order valence-electron chi connectivity index (χ3n) is 5.03. The predicted octanol–water partition coefficient (Wildman–Crippen LogP) is 3.91. The maximum atomic E-state index is 12.8. The Bertz CT molecular complexity index is 742. The first-order valence-corrected chi connectivity index (χ1v) is 9.45. The maximum absolute atomic E-state index is 12.8. The summed E-state index contributed by atoms with van der Waals surface area (Å²) < 4.78 is 11.8. The van der Waals surface area contributed by atoms with Gasteiger partial charge in [-0.05, 0) is 48.9 Å². The third-order valence-corrected chi connectivity index (χ3v) is 5.03. The average molecular weight is 351 g/mol. The fourth-order valence-corrected chi connectivity index (χ4v) is 3.25. The molecule has 0 aromatic heterocycles. The van der Waals surface area contributed by atoms with Crippen LogP contribution in [0, 0.1) is 5.92 Å². The second kappa shape index (κ2) is 7.92. The Kier molecular flexibility index (Phi) is 5.21. The van der Waals surface area contributed by atoms with Crippen molar-refractivity contribution in [2.45, 2.75) is 32.0 Å². The number of ether oxygens (including phenoxy) is 2. The van der Waals surface area contributed by atoms with Crippen LogP contribution in [0.2, 0.25) is 0 Å². The topological polar surface area (TPSA) is 38.8 Å². The quantitative estimate of drug-likeness (QED) is 0.759. The van der Waals surface area contributed by atoms with Gasteiger partial charge in [-0.25, -0.2) is 0 Å². The summed E-state index contributed by atoms with van der Waals surface area (Å²) in [5.74, 6) is 1.55. The van der Waals surface area contributed by atoms with Crippen molar-refractivity contribution in [3.8, 4) is 5.75 Å². The van der Waals surface area contributed by atoms with E-state index in [0.29, 0.717) is 18.7 Å². The minimum Gasteiger partial charge on any atom is -0.489 e. The molecule has 2 aromatic carbocycles. The van der Waals surface area contributed by atoms with Gasteiger partial charge in [0.1, 0.15) is 12.4 Å². The Labute approximate surface area is 154 Å². The van der Waals surface area contributed by atoms with Gasteiger partial charge in [-0.3, -0.25) is 4.79 Å². The molecule has 0 radical (unpaired) electrons. The van der Waals surface area contributed by atoms with E-state index in [9.17, 15) is 4.79 Å². The van der Waals surface area contributed by atoms with Crippen LogP contribution in [-0.4, -0.2) is 36.6 Å². The fourth-order valence-electron chi connectivity index (χ4n) is 3.25. The molecule has 1 saturated heterocycles. The number of benzene rings is 2. The van der Waals surface area contributed by atoms with Gasteiger partial charge in [-0.2, -0.15) is 0 Å². The lowest BCUT2D eigenvalue weighted by molar-refractivity contribution is 0.0480. The van der Waals surface area contributed by atoms with Crippen molar-refractivity contribution < 1.29 is 14.3 Å². The molecule has 1 amide bonds. The molecule has 136 valence electrons. The van der Waals surface area contributed by atoms with Crippen LogP contribution in [0.1, 0.15) is 35.2 Å². The van der Waals surface area contributed by atoms with Crippen LogP contribution >= 0.6 is 0 Å². The number of carbonyl (C=O) groups excluding carboxylic acids is 1. The van der Waals surface area contributed by atoms with Crippen molar-refractivity contribution in [3.63, 3.8) is 0 Å². The van der Waals surface area contributed by atoms with Gasteiger partial charge in [0.15, 0.2) is 0 Å². The van der Waals surface area contributed by atoms with Crippen LogP contribution < -0.4 is 4.74 Å². The van der Waals surface area contributed by atoms with Crippen LogP contribution in [0.15, 0.2) is 54.6 Å². The molecule has 2 aliphatic rings. The average Bonchev–Trinajstić information content (AvgIpc) is 3.41. The standard InChI is InChI=1S/C22H25NO3/c24-22(23-12-11-21(14-23)26-16-18-9-10-18)19-7-4-8-20(13-19)25-15-17-5-2-1-3-6-17/h1-8,13,18,21H,9-12,14-16H2. The lowest BCUT2D eigenvalue weighted by atomic mass is 10.2. The Hall–Kier alpha value is -2.33. The summed E-state index contributed by atoms with van der Waals surface area (Å²) in [6, 6.07) is 17.5. The molecule has 0 spiro atoms. The van der Waals surface area contributed by atoms with E-state index in [-0.39, 0.29) is 12.0 Å². The molecule has 1 heterocycles. The molecule has 1 aliphatic carbocycles. The number of carbonyl (C=O) groups is 1. The van der Waals surface area contributed by atoms with Crippen LogP contribution in [0.4, 0.5) is 0 Å². The van der Waals surface area contributed by atoms with E-state index in [1.54, 1.807) is 0 Å². The van der Waals surface area contributed by atoms with E-state index >= 15 is 0 Å². The molecule has 26 heavy (non-hydrogen) atoms. The monoisotopic (exact) mass is 351 g/mol. The summed E-state index contributed by atoms with van der Waals surface area (Å²) >= 11 is 0. The van der Waals surface area contributed by atoms with E-state index < -0.39 is 0 Å². The summed E-state index contributed by atoms with van der Waals surface area (Å²) in [4.78, 5) is 14.7. The Morgan fingerprint density at radius 3 is 2.69 bits per heavy atom. The molecular weight excluding hydrogens is 326 g/mol. The lowest BCUT2D eigenvalue weighted by Gasteiger charge is -2.17. The molecule has 0 bridgehead atoms. The highest BCUT2D eigenvalue weighted by Gasteiger charge is 2.30. The maximum Gasteiger partial charge on any atom is 0.254 e. The second-order valence-corrected chi connectivity index (χ2v) is 7.24. The third kappa shape index (κ3) is 4.44. The minimum absolute atomic E-state index is 0.0627. The second-order valence-electron chi connectivity index (χ2n) is 7.24. The molecule has 4 rings (SSSR count). The fraction of sp³-hybridized carbons (Fsp3) is 0.409. The highest BCUT2D eigenvalue weighted by atomic mass is 16.5. The molecule has 4 nitrogen and oxygen atoms in total. The highest BCUT2D eigenvalue weighted by molar-refractivity contribution is 5.94. The van der Waals surface area contributed by atoms with E-state index in [2.05, 4.69) is 0 Å². The molecule has 1 aliphatic heterocycles. The van der Waals surface area contributed by atoms with Crippen LogP contribution in [0.5, 0.6) is 5.75 Å². The minimum atomic E-state index is 0.0627. The van der Waals surface area contributed by atoms with Crippen molar-refractivity contribution in [2.24, 2.45) is 5.92 Å². The summed E-state index contributed by atoms with van der Waals surface area (Å²) in [7, 11) is 0. The van der Waals surface area contributed by atoms with Gasteiger partial charge < -0.3 is 14.4 Å². The van der Waals surface area contributed by atoms with Crippen molar-refractivity contribution in [3.05, 3.63) is 65.7 Å². The largest absolute Gasteiger partial charge is 0.489 e. The van der Waals surface area contributed by atoms with Gasteiger partial charge in [0.25, 0.3) is 5.91 Å². The zero-order chi connectivity index (χ0) is 17.8. The van der Waals surface area contributed by atoms with Gasteiger partial charge in [0.2, 0.25) is 0 Å². The predicted molar refractivity (Wildman–Crippen MR) is 100 cm³/mol. The normalized spacial score (nSPS) is 19.5. The lowest BCUT2D eigenvalue weighted by Crippen LogP contribution is -2.30. The number of rotatable bonds is 7. The van der Waals surface area contributed by atoms with Crippen LogP contribution in [-0.2, 0) is 11.3 Å². The smallest absolute Gasteiger partial charge is 0.254 e. The molecule has 0 N–H and O–H groups in total. The summed E-state index contributed by atoms with van der Waals surface area (Å²) in [6.07, 6.45) is 3.72. The van der Waals surface area contributed by atoms with Gasteiger partial charge in [-0.15, -0.1) is 0 Å². The summed E-state index contributed by atoms with van der Waals surface area (Å²) in [5, 5.41) is 0. The molecule has 2 fully saturated rings. The zero-order valence-electron chi connectivity index (χ0n) is 15.0. The van der Waals surface area contributed by atoms with Gasteiger partial charge in [-0.1, -0.05) is 36.4 Å². The first-order chi connectivity index (χ1) is 12.8. The number of likely N-dealkylation sites (tertiary alicyclic amines) is 1. The Morgan fingerprint density at radius 1 is 1.04 bits per heavy atom. The summed E-state index contributed by atoms with van der Waals surface area (Å²) in [5.41, 5.74) is 1.79. The van der Waals surface area contributed by atoms with Crippen molar-refractivity contribution in [1.82, 2.24) is 4.90 Å². The van der Waals surface area contributed by atoms with Crippen LogP contribution in [0.25, 0.3) is 0 Å². The molecular formula is C22H25NO3. The van der Waals surface area contributed by atoms with Crippen molar-refractivity contribution in [2.75, 3.05) is 19.7 Å². The molecule has 2 aromatic rings. The molecule has 4 heteroatoms. The zero-order valence-corrected chi connectivity index (χ0v) is 15.0. The highest BCUT2D eigenvalue weighted by Crippen LogP contribution is 2.30. The van der Waals surface area contributed by atoms with Gasteiger partial charge in [0.05, 0.1) is 6.10 Å². The number of nitrogens with zero attached hydrogens (tertiary/aromatic N) is 1. The molecule has 1 saturated carbocycles. The van der Waals surface area contributed by atoms with Crippen molar-refractivity contribution in [1.29, 1.82) is 0 Å². The SMILES string of the molecule is O=C(c1cccc(OCc2ccccc2)c1)N1CCC(OCC2CC2)C1. The van der Waals surface area contributed by atoms with E-state index in [0.717, 1.165) is 36.8 Å². The molecule has 1 atom stereocenters. The summed E-state index contributed by atoms with van der Waals surface area (Å²) in [6.45, 7) is 2.82. The van der Waals surface area contributed by atoms with Crippen LogP contribution in [0.3, 0.4) is 0 Å². The number of hydrogen-bond donors (Lipinski definition) is 0. The Balaban J connectivity index is 1.32. The number of hydrogen-bond acceptors (Lipinski definition) is 3. The van der Waals surface area contributed by atoms with E-state index in [1.807, 2.05) is 59.5 Å². The Morgan fingerprint density at radius 2 is 1.88 bits per heavy atom.